The van der Waals surface area contributed by atoms with Gasteiger partial charge in [-0.15, -0.1) is 0 Å². The van der Waals surface area contributed by atoms with Crippen LogP contribution in [0.2, 0.25) is 0 Å². The van der Waals surface area contributed by atoms with Crippen molar-refractivity contribution in [3.63, 3.8) is 0 Å². The third-order valence-electron chi connectivity index (χ3n) is 6.26. The molecule has 0 bridgehead atoms. The van der Waals surface area contributed by atoms with Crippen molar-refractivity contribution in [1.82, 2.24) is 10.1 Å². The van der Waals surface area contributed by atoms with Gasteiger partial charge in [-0.25, -0.2) is 4.79 Å². The van der Waals surface area contributed by atoms with E-state index >= 15 is 0 Å². The van der Waals surface area contributed by atoms with Crippen LogP contribution in [0.4, 0.5) is 5.82 Å². The van der Waals surface area contributed by atoms with E-state index < -0.39 is 42.2 Å². The zero-order valence-electron chi connectivity index (χ0n) is 21.0. The summed E-state index contributed by atoms with van der Waals surface area (Å²) in [7, 11) is 0. The second-order valence-electron chi connectivity index (χ2n) is 10.1. The zero-order valence-corrected chi connectivity index (χ0v) is 21.0. The van der Waals surface area contributed by atoms with Crippen molar-refractivity contribution >= 4 is 35.1 Å². The van der Waals surface area contributed by atoms with Crippen molar-refractivity contribution in [2.75, 3.05) is 12.1 Å². The quantitative estimate of drug-likeness (QED) is 0.309. The van der Waals surface area contributed by atoms with E-state index in [2.05, 4.69) is 10.5 Å². The Morgan fingerprint density at radius 2 is 2.00 bits per heavy atom. The summed E-state index contributed by atoms with van der Waals surface area (Å²) < 4.78 is 15.0. The van der Waals surface area contributed by atoms with E-state index in [1.54, 1.807) is 45.0 Å². The second-order valence-corrected chi connectivity index (χ2v) is 10.1. The predicted molar refractivity (Wildman–Crippen MR) is 129 cm³/mol. The highest BCUT2D eigenvalue weighted by atomic mass is 16.7. The molecule has 2 amide bonds. The summed E-state index contributed by atoms with van der Waals surface area (Å²) in [5.41, 5.74) is 1.13. The smallest absolute Gasteiger partial charge is 0.358 e. The minimum Gasteiger partial charge on any atom is -0.427 e. The number of aliphatic hydroxyl groups excluding tert-OH is 1. The number of nitrogens with one attached hydrogen (secondary N) is 1. The third kappa shape index (κ3) is 5.41. The van der Waals surface area contributed by atoms with Crippen LogP contribution in [0.5, 0.6) is 0 Å². The molecule has 0 saturated carbocycles. The van der Waals surface area contributed by atoms with Crippen LogP contribution in [0.15, 0.2) is 46.8 Å². The molecular formula is C26H29N3O8. The van der Waals surface area contributed by atoms with Crippen molar-refractivity contribution in [1.29, 1.82) is 0 Å². The molecule has 2 aliphatic rings. The van der Waals surface area contributed by atoms with Crippen molar-refractivity contribution in [3.05, 3.63) is 53.4 Å². The van der Waals surface area contributed by atoms with Crippen molar-refractivity contribution in [2.45, 2.75) is 52.7 Å². The zero-order chi connectivity index (χ0) is 26.9. The highest BCUT2D eigenvalue weighted by Gasteiger charge is 2.57. The fourth-order valence-corrected chi connectivity index (χ4v) is 4.46. The SMILES string of the molecule is C[C@@H](O)[C@H]1C(=O)N2C(C(=O)OCOC(=O)C(C)(C)C)=C(c3cccc(CC(=O)Nc4ccon4)c3)C[C@H]12. The number of hydrogen-bond donors (Lipinski definition) is 2. The number of benzene rings is 1. The van der Waals surface area contributed by atoms with Crippen molar-refractivity contribution in [2.24, 2.45) is 11.3 Å². The summed E-state index contributed by atoms with van der Waals surface area (Å²) in [5, 5.41) is 16.4. The van der Waals surface area contributed by atoms with Crippen LogP contribution >= 0.6 is 0 Å². The summed E-state index contributed by atoms with van der Waals surface area (Å²) in [6.07, 6.45) is 0.824. The number of carbonyl (C=O) groups excluding carboxylic acids is 4. The number of amides is 2. The fraction of sp³-hybridized carbons (Fsp3) is 0.423. The molecule has 1 saturated heterocycles. The molecule has 4 rings (SSSR count). The van der Waals surface area contributed by atoms with E-state index in [1.165, 1.54) is 24.2 Å². The molecule has 3 atom stereocenters. The molecule has 0 spiro atoms. The highest BCUT2D eigenvalue weighted by molar-refractivity contribution is 6.07. The Labute approximate surface area is 213 Å². The van der Waals surface area contributed by atoms with Gasteiger partial charge >= 0.3 is 11.9 Å². The van der Waals surface area contributed by atoms with E-state index in [9.17, 15) is 24.3 Å². The molecular weight excluding hydrogens is 482 g/mol. The number of aliphatic hydroxyl groups is 1. The van der Waals surface area contributed by atoms with Gasteiger partial charge in [0.15, 0.2) is 5.82 Å². The molecule has 2 aromatic rings. The standard InChI is InChI=1S/C26H29N3O8/c1-14(30)21-18-12-17(16-7-5-6-15(10-16)11-20(31)27-19-8-9-37-28-19)22(29(18)23(21)32)24(33)35-13-36-25(34)26(2,3)4/h5-10,14,18,21,30H,11-13H2,1-4H3,(H,27,28,31)/t14-,18-,21-/m1/s1. The predicted octanol–water partition coefficient (Wildman–Crippen LogP) is 2.27. The summed E-state index contributed by atoms with van der Waals surface area (Å²) >= 11 is 0. The molecule has 11 nitrogen and oxygen atoms in total. The van der Waals surface area contributed by atoms with Crippen molar-refractivity contribution < 1.29 is 38.3 Å². The van der Waals surface area contributed by atoms with Crippen LogP contribution in [0.1, 0.15) is 45.2 Å². The molecule has 2 aliphatic heterocycles. The maximum absolute atomic E-state index is 13.1. The van der Waals surface area contributed by atoms with E-state index in [0.29, 0.717) is 28.9 Å². The number of aromatic nitrogens is 1. The average Bonchev–Trinajstić information content (AvgIpc) is 3.44. The molecule has 0 aliphatic carbocycles. The van der Waals surface area contributed by atoms with Gasteiger partial charge in [0.1, 0.15) is 12.0 Å². The largest absolute Gasteiger partial charge is 0.427 e. The highest BCUT2D eigenvalue weighted by Crippen LogP contribution is 2.47. The van der Waals surface area contributed by atoms with E-state index in [-0.39, 0.29) is 23.9 Å². The Kier molecular flexibility index (Phi) is 7.17. The monoisotopic (exact) mass is 511 g/mol. The number of hydrogen-bond acceptors (Lipinski definition) is 9. The molecule has 1 fully saturated rings. The third-order valence-corrected chi connectivity index (χ3v) is 6.26. The maximum Gasteiger partial charge on any atom is 0.358 e. The number of ether oxygens (including phenoxy) is 2. The van der Waals surface area contributed by atoms with Gasteiger partial charge in [-0.1, -0.05) is 29.4 Å². The van der Waals surface area contributed by atoms with Gasteiger partial charge in [0.2, 0.25) is 18.6 Å². The minimum atomic E-state index is -0.885. The number of nitrogens with zero attached hydrogens (tertiary/aromatic N) is 2. The lowest BCUT2D eigenvalue weighted by molar-refractivity contribution is -0.175. The van der Waals surface area contributed by atoms with Gasteiger partial charge in [-0.3, -0.25) is 14.4 Å². The number of carbonyl (C=O) groups is 4. The summed E-state index contributed by atoms with van der Waals surface area (Å²) in [5.74, 6) is -2.38. The topological polar surface area (TPSA) is 148 Å². The Morgan fingerprint density at radius 1 is 1.24 bits per heavy atom. The van der Waals surface area contributed by atoms with Crippen LogP contribution in [0.3, 0.4) is 0 Å². The molecule has 3 heterocycles. The Hall–Kier alpha value is -3.99. The lowest BCUT2D eigenvalue weighted by Crippen LogP contribution is -2.61. The fourth-order valence-electron chi connectivity index (χ4n) is 4.46. The lowest BCUT2D eigenvalue weighted by atomic mass is 9.82. The van der Waals surface area contributed by atoms with E-state index in [0.717, 1.165) is 0 Å². The van der Waals surface area contributed by atoms with Crippen LogP contribution < -0.4 is 5.32 Å². The van der Waals surface area contributed by atoms with E-state index in [4.69, 9.17) is 14.0 Å². The van der Waals surface area contributed by atoms with Crippen LogP contribution in [-0.2, 0) is 35.1 Å². The first-order valence-electron chi connectivity index (χ1n) is 11.9. The summed E-state index contributed by atoms with van der Waals surface area (Å²) in [6, 6.07) is 8.17. The normalized spacial score (nSPS) is 19.7. The molecule has 11 heteroatoms. The molecule has 1 aromatic carbocycles. The molecule has 196 valence electrons. The van der Waals surface area contributed by atoms with Gasteiger partial charge in [0.25, 0.3) is 0 Å². The number of fused-ring (bicyclic) bond motifs is 1. The van der Waals surface area contributed by atoms with E-state index in [1.807, 2.05) is 0 Å². The van der Waals surface area contributed by atoms with Crippen LogP contribution in [0.25, 0.3) is 5.57 Å². The summed E-state index contributed by atoms with van der Waals surface area (Å²) in [4.78, 5) is 51.7. The van der Waals surface area contributed by atoms with Gasteiger partial charge in [-0.05, 0) is 50.8 Å². The van der Waals surface area contributed by atoms with Crippen LogP contribution in [0, 0.1) is 11.3 Å². The Bertz CT molecular complexity index is 1240. The maximum atomic E-state index is 13.1. The first-order valence-corrected chi connectivity index (χ1v) is 11.9. The van der Waals surface area contributed by atoms with Gasteiger partial charge in [0.05, 0.1) is 29.9 Å². The van der Waals surface area contributed by atoms with Gasteiger partial charge < -0.3 is 29.3 Å². The first kappa shape index (κ1) is 26.1. The lowest BCUT2D eigenvalue weighted by Gasteiger charge is -2.44. The molecule has 37 heavy (non-hydrogen) atoms. The second kappa shape index (κ2) is 10.2. The average molecular weight is 512 g/mol. The van der Waals surface area contributed by atoms with Gasteiger partial charge in [0, 0.05) is 6.07 Å². The molecule has 0 radical (unpaired) electrons. The molecule has 0 unspecified atom stereocenters. The first-order chi connectivity index (χ1) is 17.5. The summed E-state index contributed by atoms with van der Waals surface area (Å²) in [6.45, 7) is 5.96. The molecule has 1 aromatic heterocycles. The van der Waals surface area contributed by atoms with Crippen LogP contribution in [-0.4, -0.2) is 57.9 Å². The van der Waals surface area contributed by atoms with Crippen molar-refractivity contribution in [3.8, 4) is 0 Å². The number of β-lactam (4-membered cyclic amide) rings is 1. The number of rotatable bonds is 8. The molecule has 2 N–H and O–H groups in total. The Balaban J connectivity index is 1.56. The number of esters is 2. The number of anilines is 1. The minimum absolute atomic E-state index is 0.0406. The Morgan fingerprint density at radius 3 is 2.65 bits per heavy atom. The van der Waals surface area contributed by atoms with Gasteiger partial charge in [-0.2, -0.15) is 0 Å².